The fraction of sp³-hybridized carbons (Fsp3) is 0.375. The number of aliphatic hydroxyl groups excluding tert-OH is 2. The first-order valence-corrected chi connectivity index (χ1v) is 7.41. The number of fused-ring (bicyclic) bond motifs is 1. The fourth-order valence-corrected chi connectivity index (χ4v) is 1.92. The molecule has 0 amide bonds. The van der Waals surface area contributed by atoms with E-state index >= 15 is 0 Å². The summed E-state index contributed by atoms with van der Waals surface area (Å²) in [5.74, 6) is -1.69. The van der Waals surface area contributed by atoms with Crippen LogP contribution in [0.15, 0.2) is 27.4 Å². The van der Waals surface area contributed by atoms with E-state index in [-0.39, 0.29) is 34.8 Å². The van der Waals surface area contributed by atoms with E-state index in [0.29, 0.717) is 0 Å². The van der Waals surface area contributed by atoms with Gasteiger partial charge in [0.2, 0.25) is 5.75 Å². The quantitative estimate of drug-likeness (QED) is 0.295. The average molecular weight is 338 g/mol. The number of aliphatic hydroxyl groups is 2. The summed E-state index contributed by atoms with van der Waals surface area (Å²) < 4.78 is 15.2. The third kappa shape index (κ3) is 3.84. The smallest absolute Gasteiger partial charge is 0.383 e. The van der Waals surface area contributed by atoms with E-state index in [1.165, 1.54) is 18.2 Å². The molecule has 1 heterocycles. The molecular weight excluding hydrogens is 320 g/mol. The summed E-state index contributed by atoms with van der Waals surface area (Å²) in [4.78, 5) is 23.3. The Morgan fingerprint density at radius 3 is 2.79 bits per heavy atom. The molecule has 0 saturated carbocycles. The minimum atomic E-state index is -1.67. The van der Waals surface area contributed by atoms with E-state index in [0.717, 1.165) is 12.8 Å². The molecule has 3 N–H and O–H groups in total. The Kier molecular flexibility index (Phi) is 5.78. The lowest BCUT2D eigenvalue weighted by Crippen LogP contribution is -2.28. The van der Waals surface area contributed by atoms with E-state index in [9.17, 15) is 19.8 Å². The molecular formula is C16H18O8. The number of unbranched alkanes of at least 4 members (excludes halogenated alkanes) is 1. The minimum absolute atomic E-state index is 0.0101. The molecule has 1 unspecified atom stereocenters. The van der Waals surface area contributed by atoms with Crippen LogP contribution in [0.1, 0.15) is 19.8 Å². The summed E-state index contributed by atoms with van der Waals surface area (Å²) in [6, 6.07) is 3.95. The molecule has 1 atom stereocenters. The van der Waals surface area contributed by atoms with Gasteiger partial charge >= 0.3 is 11.6 Å². The molecule has 24 heavy (non-hydrogen) atoms. The maximum Gasteiger partial charge on any atom is 0.383 e. The molecule has 1 aromatic carbocycles. The summed E-state index contributed by atoms with van der Waals surface area (Å²) in [5.41, 5.74) is -0.862. The minimum Gasteiger partial charge on any atom is -0.504 e. The van der Waals surface area contributed by atoms with Gasteiger partial charge in [0.05, 0.1) is 18.6 Å². The van der Waals surface area contributed by atoms with Crippen LogP contribution in [0, 0.1) is 0 Å². The number of esters is 1. The lowest BCUT2D eigenvalue weighted by Gasteiger charge is -2.10. The molecule has 8 nitrogen and oxygen atoms in total. The molecule has 130 valence electrons. The van der Waals surface area contributed by atoms with Crippen LogP contribution >= 0.6 is 0 Å². The van der Waals surface area contributed by atoms with E-state index in [4.69, 9.17) is 19.0 Å². The van der Waals surface area contributed by atoms with Gasteiger partial charge in [-0.2, -0.15) is 0 Å². The van der Waals surface area contributed by atoms with Gasteiger partial charge in [-0.05, 0) is 18.6 Å². The van der Waals surface area contributed by atoms with Gasteiger partial charge in [-0.15, -0.1) is 0 Å². The zero-order valence-electron chi connectivity index (χ0n) is 13.0. The number of rotatable bonds is 7. The van der Waals surface area contributed by atoms with E-state index in [2.05, 4.69) is 0 Å². The van der Waals surface area contributed by atoms with E-state index < -0.39 is 24.3 Å². The monoisotopic (exact) mass is 338 g/mol. The number of hydrogen-bond donors (Lipinski definition) is 3. The van der Waals surface area contributed by atoms with Crippen molar-refractivity contribution in [2.75, 3.05) is 13.2 Å². The lowest BCUT2D eigenvalue weighted by molar-refractivity contribution is -0.145. The van der Waals surface area contributed by atoms with Crippen molar-refractivity contribution in [3.63, 3.8) is 0 Å². The molecule has 0 spiro atoms. The molecule has 2 aromatic rings. The van der Waals surface area contributed by atoms with Crippen molar-refractivity contribution in [1.29, 1.82) is 0 Å². The van der Waals surface area contributed by atoms with E-state index in [1.807, 2.05) is 6.92 Å². The van der Waals surface area contributed by atoms with Crippen LogP contribution in [0.4, 0.5) is 0 Å². The molecule has 0 saturated heterocycles. The van der Waals surface area contributed by atoms with Crippen LogP contribution in [0.2, 0.25) is 0 Å². The number of carbonyl (C=O) groups is 1. The first kappa shape index (κ1) is 17.8. The Labute approximate surface area is 136 Å². The van der Waals surface area contributed by atoms with Crippen LogP contribution in [-0.2, 0) is 4.79 Å². The molecule has 8 heteroatoms. The zero-order chi connectivity index (χ0) is 17.7. The van der Waals surface area contributed by atoms with Crippen LogP contribution in [-0.4, -0.2) is 40.6 Å². The first-order valence-electron chi connectivity index (χ1n) is 7.41. The second-order valence-corrected chi connectivity index (χ2v) is 5.05. The highest BCUT2D eigenvalue weighted by atomic mass is 16.6. The maximum absolute atomic E-state index is 11.9. The van der Waals surface area contributed by atoms with Crippen molar-refractivity contribution in [3.8, 4) is 17.2 Å². The largest absolute Gasteiger partial charge is 0.504 e. The van der Waals surface area contributed by atoms with Crippen molar-refractivity contribution in [3.05, 3.63) is 28.6 Å². The van der Waals surface area contributed by atoms with Gasteiger partial charge in [-0.25, -0.2) is 9.59 Å². The number of benzene rings is 1. The summed E-state index contributed by atoms with van der Waals surface area (Å²) in [5, 5.41) is 28.2. The highest BCUT2D eigenvalue weighted by Gasteiger charge is 2.19. The number of carbonyl (C=O) groups excluding carboxylic acids is 1. The Balaban J connectivity index is 2.32. The highest BCUT2D eigenvalue weighted by molar-refractivity contribution is 5.87. The van der Waals surface area contributed by atoms with E-state index in [1.54, 1.807) is 0 Å². The lowest BCUT2D eigenvalue weighted by atomic mass is 10.2. The summed E-state index contributed by atoms with van der Waals surface area (Å²) in [7, 11) is 0. The van der Waals surface area contributed by atoms with Gasteiger partial charge in [-0.1, -0.05) is 13.3 Å². The number of aromatic hydroxyl groups is 1. The molecule has 0 fully saturated rings. The van der Waals surface area contributed by atoms with Gasteiger partial charge in [0.25, 0.3) is 0 Å². The van der Waals surface area contributed by atoms with Crippen LogP contribution < -0.4 is 15.1 Å². The predicted molar refractivity (Wildman–Crippen MR) is 83.3 cm³/mol. The molecule has 0 aliphatic carbocycles. The number of hydrogen-bond acceptors (Lipinski definition) is 8. The van der Waals surface area contributed by atoms with Gasteiger partial charge in [0.1, 0.15) is 11.3 Å². The average Bonchev–Trinajstić information content (AvgIpc) is 2.56. The fourth-order valence-electron chi connectivity index (χ4n) is 1.92. The molecule has 0 bridgehead atoms. The Bertz CT molecular complexity index is 779. The first-order chi connectivity index (χ1) is 11.5. The van der Waals surface area contributed by atoms with Crippen molar-refractivity contribution < 1.29 is 34.0 Å². The molecule has 0 aliphatic heterocycles. The third-order valence-electron chi connectivity index (χ3n) is 3.22. The SMILES string of the molecule is CCCCOc1c(O)c2ccc(OC(=O)C(O)CO)cc2oc1=O. The molecule has 2 rings (SSSR count). The Hall–Kier alpha value is -2.58. The molecule has 0 radical (unpaired) electrons. The summed E-state index contributed by atoms with van der Waals surface area (Å²) in [6.45, 7) is 1.46. The topological polar surface area (TPSA) is 126 Å². The standard InChI is InChI=1S/C16H18O8/c1-2-3-6-22-14-13(19)10-5-4-9(7-12(10)24-16(14)21)23-15(20)11(18)8-17/h4-5,7,11,17-19H,2-3,6,8H2,1H3. The third-order valence-corrected chi connectivity index (χ3v) is 3.22. The predicted octanol–water partition coefficient (Wildman–Crippen LogP) is 0.936. The van der Waals surface area contributed by atoms with Gasteiger partial charge in [0.15, 0.2) is 11.9 Å². The van der Waals surface area contributed by atoms with Crippen molar-refractivity contribution in [1.82, 2.24) is 0 Å². The van der Waals surface area contributed by atoms with Crippen LogP contribution in [0.5, 0.6) is 17.2 Å². The maximum atomic E-state index is 11.9. The van der Waals surface area contributed by atoms with Crippen molar-refractivity contribution in [2.45, 2.75) is 25.9 Å². The Morgan fingerprint density at radius 2 is 2.12 bits per heavy atom. The highest BCUT2D eigenvalue weighted by Crippen LogP contribution is 2.33. The zero-order valence-corrected chi connectivity index (χ0v) is 13.0. The van der Waals surface area contributed by atoms with Crippen molar-refractivity contribution >= 4 is 16.9 Å². The Morgan fingerprint density at radius 1 is 1.38 bits per heavy atom. The summed E-state index contributed by atoms with van der Waals surface area (Å²) >= 11 is 0. The second-order valence-electron chi connectivity index (χ2n) is 5.05. The number of ether oxygens (including phenoxy) is 2. The van der Waals surface area contributed by atoms with Crippen LogP contribution in [0.3, 0.4) is 0 Å². The second kappa shape index (κ2) is 7.80. The molecule has 0 aliphatic rings. The van der Waals surface area contributed by atoms with Crippen LogP contribution in [0.25, 0.3) is 11.0 Å². The van der Waals surface area contributed by atoms with Gasteiger partial charge < -0.3 is 29.2 Å². The van der Waals surface area contributed by atoms with Crippen molar-refractivity contribution in [2.24, 2.45) is 0 Å². The molecule has 1 aromatic heterocycles. The van der Waals surface area contributed by atoms with Gasteiger partial charge in [-0.3, -0.25) is 0 Å². The van der Waals surface area contributed by atoms with Gasteiger partial charge in [0, 0.05) is 6.07 Å². The normalized spacial score (nSPS) is 12.1. The summed E-state index contributed by atoms with van der Waals surface area (Å²) in [6.07, 6.45) is -0.0805.